The first-order chi connectivity index (χ1) is 9.67. The number of nitro benzene ring substituents is 1. The van der Waals surface area contributed by atoms with Crippen LogP contribution in [0.15, 0.2) is 18.2 Å². The number of benzene rings is 1. The first-order valence-corrected chi connectivity index (χ1v) is 8.22. The second kappa shape index (κ2) is 9.47. The molecule has 0 unspecified atom stereocenters. The molecule has 0 saturated heterocycles. The van der Waals surface area contributed by atoms with Crippen LogP contribution in [-0.2, 0) is 0 Å². The number of hydrogen-bond donors (Lipinski definition) is 1. The topological polar surface area (TPSA) is 64.4 Å². The lowest BCUT2D eigenvalue weighted by Gasteiger charge is -2.09. The maximum absolute atomic E-state index is 10.9. The molecule has 0 amide bonds. The maximum atomic E-state index is 10.9. The van der Waals surface area contributed by atoms with Gasteiger partial charge in [-0.15, -0.1) is 0 Å². The van der Waals surface area contributed by atoms with Gasteiger partial charge in [-0.05, 0) is 31.8 Å². The van der Waals surface area contributed by atoms with E-state index in [1.165, 1.54) is 24.7 Å². The summed E-state index contributed by atoms with van der Waals surface area (Å²) in [6.07, 6.45) is 5.55. The largest absolute Gasteiger partial charge is 0.494 e. The Hall–Kier alpha value is -1.43. The van der Waals surface area contributed by atoms with E-state index in [4.69, 9.17) is 4.74 Å². The average molecular weight is 298 g/mol. The van der Waals surface area contributed by atoms with Crippen molar-refractivity contribution in [2.24, 2.45) is 0 Å². The van der Waals surface area contributed by atoms with Crippen LogP contribution in [0.3, 0.4) is 0 Å². The molecule has 0 atom stereocenters. The summed E-state index contributed by atoms with van der Waals surface area (Å²) in [7, 11) is 0. The van der Waals surface area contributed by atoms with Gasteiger partial charge in [-0.3, -0.25) is 10.1 Å². The minimum Gasteiger partial charge on any atom is -0.494 e. The first-order valence-electron chi connectivity index (χ1n) is 6.82. The minimum absolute atomic E-state index is 0.0563. The lowest BCUT2D eigenvalue weighted by molar-refractivity contribution is -0.384. The Labute approximate surface area is 124 Å². The summed E-state index contributed by atoms with van der Waals surface area (Å²) in [4.78, 5) is 10.5. The van der Waals surface area contributed by atoms with E-state index >= 15 is 0 Å². The van der Waals surface area contributed by atoms with Crippen LogP contribution in [0.2, 0.25) is 0 Å². The highest BCUT2D eigenvalue weighted by Gasteiger charge is 2.10. The van der Waals surface area contributed by atoms with Crippen LogP contribution >= 0.6 is 11.8 Å². The molecule has 0 bridgehead atoms. The fourth-order valence-electron chi connectivity index (χ4n) is 1.82. The first kappa shape index (κ1) is 16.6. The smallest absolute Gasteiger partial charge is 0.275 e. The van der Waals surface area contributed by atoms with E-state index in [1.54, 1.807) is 12.1 Å². The van der Waals surface area contributed by atoms with Crippen molar-refractivity contribution in [3.05, 3.63) is 28.3 Å². The molecule has 0 radical (unpaired) electrons. The molecule has 0 aromatic heterocycles. The highest BCUT2D eigenvalue weighted by Crippen LogP contribution is 2.26. The zero-order chi connectivity index (χ0) is 14.8. The lowest BCUT2D eigenvalue weighted by Crippen LogP contribution is -2.03. The molecular weight excluding hydrogens is 276 g/mol. The highest BCUT2D eigenvalue weighted by molar-refractivity contribution is 7.98. The predicted molar refractivity (Wildman–Crippen MR) is 85.0 cm³/mol. The van der Waals surface area contributed by atoms with Gasteiger partial charge in [0, 0.05) is 24.4 Å². The Morgan fingerprint density at radius 3 is 2.75 bits per heavy atom. The predicted octanol–water partition coefficient (Wildman–Crippen LogP) is 3.94. The number of nitrogens with zero attached hydrogens (tertiary/aromatic N) is 1. The summed E-state index contributed by atoms with van der Waals surface area (Å²) in [5, 5.41) is 14.1. The van der Waals surface area contributed by atoms with Gasteiger partial charge in [0.15, 0.2) is 0 Å². The Kier molecular flexibility index (Phi) is 7.87. The molecule has 0 fully saturated rings. The van der Waals surface area contributed by atoms with E-state index in [9.17, 15) is 10.1 Å². The van der Waals surface area contributed by atoms with Gasteiger partial charge in [-0.2, -0.15) is 11.8 Å². The molecule has 0 heterocycles. The summed E-state index contributed by atoms with van der Waals surface area (Å²) < 4.78 is 5.35. The highest BCUT2D eigenvalue weighted by atomic mass is 32.2. The van der Waals surface area contributed by atoms with Gasteiger partial charge >= 0.3 is 0 Å². The average Bonchev–Trinajstić information content (AvgIpc) is 2.43. The quantitative estimate of drug-likeness (QED) is 0.402. The monoisotopic (exact) mass is 298 g/mol. The molecule has 5 nitrogen and oxygen atoms in total. The minimum atomic E-state index is -0.397. The molecule has 20 heavy (non-hydrogen) atoms. The number of thioether (sulfide) groups is 1. The van der Waals surface area contributed by atoms with Crippen molar-refractivity contribution in [3.63, 3.8) is 0 Å². The third-order valence-corrected chi connectivity index (χ3v) is 3.46. The molecule has 0 saturated carbocycles. The summed E-state index contributed by atoms with van der Waals surface area (Å²) in [5.41, 5.74) is 0.799. The Balaban J connectivity index is 2.53. The summed E-state index contributed by atoms with van der Waals surface area (Å²) in [5.74, 6) is 1.72. The Morgan fingerprint density at radius 2 is 2.10 bits per heavy atom. The number of ether oxygens (including phenoxy) is 1. The number of hydrogen-bond acceptors (Lipinski definition) is 5. The number of nitrogens with one attached hydrogen (secondary N) is 1. The molecule has 1 aromatic rings. The van der Waals surface area contributed by atoms with Crippen LogP contribution < -0.4 is 10.1 Å². The molecule has 0 aliphatic heterocycles. The van der Waals surface area contributed by atoms with E-state index in [1.807, 2.05) is 18.7 Å². The molecule has 0 aliphatic rings. The van der Waals surface area contributed by atoms with Gasteiger partial charge < -0.3 is 10.1 Å². The van der Waals surface area contributed by atoms with Gasteiger partial charge in [-0.25, -0.2) is 0 Å². The van der Waals surface area contributed by atoms with Crippen LogP contribution in [0.25, 0.3) is 0 Å². The summed E-state index contributed by atoms with van der Waals surface area (Å²) in [6.45, 7) is 3.17. The number of rotatable bonds is 10. The van der Waals surface area contributed by atoms with Crippen LogP contribution in [0, 0.1) is 10.1 Å². The second-order valence-electron chi connectivity index (χ2n) is 4.39. The normalized spacial score (nSPS) is 10.3. The van der Waals surface area contributed by atoms with Crippen LogP contribution in [0.5, 0.6) is 5.75 Å². The van der Waals surface area contributed by atoms with Gasteiger partial charge in [0.05, 0.1) is 17.6 Å². The zero-order valence-corrected chi connectivity index (χ0v) is 12.9. The van der Waals surface area contributed by atoms with E-state index in [0.717, 1.165) is 18.7 Å². The fourth-order valence-corrected chi connectivity index (χ4v) is 2.31. The van der Waals surface area contributed by atoms with Crippen molar-refractivity contribution in [1.29, 1.82) is 0 Å². The van der Waals surface area contributed by atoms with Gasteiger partial charge in [-0.1, -0.05) is 6.42 Å². The van der Waals surface area contributed by atoms with E-state index in [2.05, 4.69) is 11.6 Å². The fraction of sp³-hybridized carbons (Fsp3) is 0.571. The van der Waals surface area contributed by atoms with Crippen LogP contribution in [-0.4, -0.2) is 30.1 Å². The van der Waals surface area contributed by atoms with E-state index in [0.29, 0.717) is 12.4 Å². The summed E-state index contributed by atoms with van der Waals surface area (Å²) >= 11 is 1.86. The molecule has 0 aliphatic carbocycles. The SMILES string of the molecule is CCOc1cc(NCCCCCSC)cc([N+](=O)[O-])c1. The Bertz CT molecular complexity index is 427. The number of non-ortho nitro benzene ring substituents is 1. The molecular formula is C14H22N2O3S. The maximum Gasteiger partial charge on any atom is 0.275 e. The Morgan fingerprint density at radius 1 is 1.30 bits per heavy atom. The van der Waals surface area contributed by atoms with Crippen molar-refractivity contribution in [2.75, 3.05) is 30.5 Å². The molecule has 0 spiro atoms. The van der Waals surface area contributed by atoms with Crippen molar-refractivity contribution < 1.29 is 9.66 Å². The second-order valence-corrected chi connectivity index (χ2v) is 5.37. The van der Waals surface area contributed by atoms with Crippen molar-refractivity contribution in [2.45, 2.75) is 26.2 Å². The number of anilines is 1. The van der Waals surface area contributed by atoms with E-state index in [-0.39, 0.29) is 5.69 Å². The third kappa shape index (κ3) is 6.14. The van der Waals surface area contributed by atoms with Crippen molar-refractivity contribution >= 4 is 23.1 Å². The molecule has 6 heteroatoms. The molecule has 1 aromatic carbocycles. The van der Waals surface area contributed by atoms with Crippen LogP contribution in [0.1, 0.15) is 26.2 Å². The number of nitro groups is 1. The van der Waals surface area contributed by atoms with Gasteiger partial charge in [0.1, 0.15) is 5.75 Å². The lowest BCUT2D eigenvalue weighted by atomic mass is 10.2. The standard InChI is InChI=1S/C14H22N2O3S/c1-3-19-14-10-12(9-13(11-14)16(17)18)15-7-5-4-6-8-20-2/h9-11,15H,3-8H2,1-2H3. The third-order valence-electron chi connectivity index (χ3n) is 2.77. The zero-order valence-electron chi connectivity index (χ0n) is 12.1. The number of unbranched alkanes of at least 4 members (excludes halogenated alkanes) is 2. The van der Waals surface area contributed by atoms with Crippen LogP contribution in [0.4, 0.5) is 11.4 Å². The van der Waals surface area contributed by atoms with E-state index < -0.39 is 4.92 Å². The summed E-state index contributed by atoms with van der Waals surface area (Å²) in [6, 6.07) is 4.80. The van der Waals surface area contributed by atoms with Crippen molar-refractivity contribution in [3.8, 4) is 5.75 Å². The molecule has 1 N–H and O–H groups in total. The van der Waals surface area contributed by atoms with Gasteiger partial charge in [0.2, 0.25) is 0 Å². The van der Waals surface area contributed by atoms with Crippen molar-refractivity contribution in [1.82, 2.24) is 0 Å². The molecule has 112 valence electrons. The van der Waals surface area contributed by atoms with Gasteiger partial charge in [0.25, 0.3) is 5.69 Å². The molecule has 1 rings (SSSR count).